The van der Waals surface area contributed by atoms with Crippen molar-refractivity contribution in [3.63, 3.8) is 0 Å². The minimum Gasteiger partial charge on any atom is -0.496 e. The summed E-state index contributed by atoms with van der Waals surface area (Å²) in [6.45, 7) is 1.11. The van der Waals surface area contributed by atoms with Crippen molar-refractivity contribution in [2.24, 2.45) is 11.8 Å². The molecule has 0 aliphatic heterocycles. The molecule has 1 aromatic carbocycles. The molecule has 1 saturated carbocycles. The highest BCUT2D eigenvalue weighted by Gasteiger charge is 2.39. The molecular formula is C19H24ClNOS. The van der Waals surface area contributed by atoms with Crippen LogP contribution < -0.4 is 4.74 Å². The number of halogens is 1. The van der Waals surface area contributed by atoms with Crippen LogP contribution in [0.4, 0.5) is 0 Å². The number of fused-ring (bicyclic) bond motifs is 3. The highest BCUT2D eigenvalue weighted by molar-refractivity contribution is 7.20. The second kappa shape index (κ2) is 6.46. The van der Waals surface area contributed by atoms with E-state index in [-0.39, 0.29) is 12.4 Å². The van der Waals surface area contributed by atoms with Gasteiger partial charge in [0.25, 0.3) is 0 Å². The zero-order chi connectivity index (χ0) is 15.3. The molecule has 2 nitrogen and oxygen atoms in total. The molecule has 0 saturated heterocycles. The van der Waals surface area contributed by atoms with Crippen LogP contribution in [0.25, 0.3) is 15.7 Å². The summed E-state index contributed by atoms with van der Waals surface area (Å²) in [5, 5.41) is 1.27. The Morgan fingerprint density at radius 2 is 2.00 bits per heavy atom. The van der Waals surface area contributed by atoms with Crippen molar-refractivity contribution in [1.82, 2.24) is 4.90 Å². The Morgan fingerprint density at radius 3 is 2.74 bits per heavy atom. The van der Waals surface area contributed by atoms with Crippen molar-refractivity contribution in [2.45, 2.75) is 19.3 Å². The van der Waals surface area contributed by atoms with Gasteiger partial charge in [-0.3, -0.25) is 0 Å². The molecular weight excluding hydrogens is 326 g/mol. The van der Waals surface area contributed by atoms with Gasteiger partial charge in [-0.05, 0) is 74.5 Å². The molecule has 0 amide bonds. The van der Waals surface area contributed by atoms with Gasteiger partial charge in [-0.2, -0.15) is 0 Å². The zero-order valence-corrected chi connectivity index (χ0v) is 15.6. The van der Waals surface area contributed by atoms with Crippen molar-refractivity contribution in [2.75, 3.05) is 27.7 Å². The average Bonchev–Trinajstić information content (AvgIpc) is 3.19. The van der Waals surface area contributed by atoms with Gasteiger partial charge in [0.1, 0.15) is 5.75 Å². The molecule has 2 atom stereocenters. The van der Waals surface area contributed by atoms with Gasteiger partial charge in [-0.1, -0.05) is 6.07 Å². The first-order valence-electron chi connectivity index (χ1n) is 8.12. The van der Waals surface area contributed by atoms with Gasteiger partial charge in [0, 0.05) is 21.5 Å². The van der Waals surface area contributed by atoms with Crippen LogP contribution in [0.2, 0.25) is 0 Å². The number of thiophene rings is 1. The summed E-state index contributed by atoms with van der Waals surface area (Å²) in [7, 11) is 6.13. The minimum absolute atomic E-state index is 0. The van der Waals surface area contributed by atoms with E-state index in [1.54, 1.807) is 18.3 Å². The fourth-order valence-electron chi connectivity index (χ4n) is 4.30. The van der Waals surface area contributed by atoms with E-state index in [0.717, 1.165) is 24.1 Å². The fraction of sp³-hybridized carbons (Fsp3) is 0.474. The predicted octanol–water partition coefficient (Wildman–Crippen LogP) is 5.08. The number of hydrogen-bond donors (Lipinski definition) is 0. The number of benzene rings is 1. The third kappa shape index (κ3) is 2.79. The minimum atomic E-state index is 0. The van der Waals surface area contributed by atoms with Gasteiger partial charge in [-0.15, -0.1) is 23.7 Å². The summed E-state index contributed by atoms with van der Waals surface area (Å²) in [5.74, 6) is 2.62. The first-order valence-corrected chi connectivity index (χ1v) is 8.93. The van der Waals surface area contributed by atoms with Gasteiger partial charge < -0.3 is 9.64 Å². The van der Waals surface area contributed by atoms with Crippen molar-refractivity contribution >= 4 is 39.4 Å². The molecule has 2 bridgehead atoms. The van der Waals surface area contributed by atoms with Crippen LogP contribution in [0.3, 0.4) is 0 Å². The highest BCUT2D eigenvalue weighted by Crippen LogP contribution is 2.54. The maximum atomic E-state index is 5.54. The van der Waals surface area contributed by atoms with Gasteiger partial charge >= 0.3 is 0 Å². The molecule has 1 heterocycles. The number of nitrogens with zero attached hydrogens (tertiary/aromatic N) is 1. The number of rotatable bonds is 4. The SMILES string of the molecule is COc1cccc2sc(C3=C(CN(C)C)C4CCC3C4)cc12.Cl. The van der Waals surface area contributed by atoms with Crippen LogP contribution in [0.5, 0.6) is 5.75 Å². The van der Waals surface area contributed by atoms with E-state index in [1.807, 2.05) is 11.3 Å². The number of methoxy groups -OCH3 is 1. The molecule has 23 heavy (non-hydrogen) atoms. The van der Waals surface area contributed by atoms with E-state index in [0.29, 0.717) is 0 Å². The van der Waals surface area contributed by atoms with Crippen molar-refractivity contribution in [1.29, 1.82) is 0 Å². The Kier molecular flexibility index (Phi) is 4.73. The van der Waals surface area contributed by atoms with E-state index >= 15 is 0 Å². The molecule has 124 valence electrons. The number of likely N-dealkylation sites (N-methyl/N-ethyl adjacent to an activating group) is 1. The molecule has 0 spiro atoms. The molecule has 0 radical (unpaired) electrons. The van der Waals surface area contributed by atoms with Crippen molar-refractivity contribution < 1.29 is 4.74 Å². The van der Waals surface area contributed by atoms with Gasteiger partial charge in [0.05, 0.1) is 7.11 Å². The van der Waals surface area contributed by atoms with E-state index in [1.165, 1.54) is 34.2 Å². The van der Waals surface area contributed by atoms with Crippen LogP contribution >= 0.6 is 23.7 Å². The number of hydrogen-bond acceptors (Lipinski definition) is 3. The molecule has 2 aliphatic carbocycles. The van der Waals surface area contributed by atoms with Crippen LogP contribution in [0.1, 0.15) is 24.1 Å². The van der Waals surface area contributed by atoms with E-state index in [4.69, 9.17) is 4.74 Å². The molecule has 2 aromatic rings. The number of allylic oxidation sites excluding steroid dienone is 1. The Morgan fingerprint density at radius 1 is 1.22 bits per heavy atom. The van der Waals surface area contributed by atoms with Crippen LogP contribution in [0.15, 0.2) is 29.8 Å². The second-order valence-electron chi connectivity index (χ2n) is 6.87. The summed E-state index contributed by atoms with van der Waals surface area (Å²) in [6.07, 6.45) is 4.15. The molecule has 4 heteroatoms. The molecule has 2 unspecified atom stereocenters. The summed E-state index contributed by atoms with van der Waals surface area (Å²) < 4.78 is 6.88. The van der Waals surface area contributed by atoms with Crippen LogP contribution in [-0.4, -0.2) is 32.6 Å². The predicted molar refractivity (Wildman–Crippen MR) is 102 cm³/mol. The van der Waals surface area contributed by atoms with E-state index < -0.39 is 0 Å². The third-order valence-corrected chi connectivity index (χ3v) is 6.31. The summed E-state index contributed by atoms with van der Waals surface area (Å²) in [6, 6.07) is 8.74. The zero-order valence-electron chi connectivity index (χ0n) is 14.0. The summed E-state index contributed by atoms with van der Waals surface area (Å²) >= 11 is 1.94. The monoisotopic (exact) mass is 349 g/mol. The Labute approximate surface area is 148 Å². The molecule has 1 fully saturated rings. The highest BCUT2D eigenvalue weighted by atomic mass is 35.5. The lowest BCUT2D eigenvalue weighted by Gasteiger charge is -2.22. The maximum Gasteiger partial charge on any atom is 0.127 e. The maximum absolute atomic E-state index is 5.54. The van der Waals surface area contributed by atoms with Crippen molar-refractivity contribution in [3.05, 3.63) is 34.7 Å². The Hall–Kier alpha value is -1.03. The fourth-order valence-corrected chi connectivity index (χ4v) is 5.54. The largest absolute Gasteiger partial charge is 0.496 e. The topological polar surface area (TPSA) is 12.5 Å². The molecule has 2 aliphatic rings. The molecule has 0 N–H and O–H groups in total. The third-order valence-electron chi connectivity index (χ3n) is 5.17. The summed E-state index contributed by atoms with van der Waals surface area (Å²) in [4.78, 5) is 3.80. The van der Waals surface area contributed by atoms with Crippen LogP contribution in [0, 0.1) is 11.8 Å². The van der Waals surface area contributed by atoms with E-state index in [9.17, 15) is 0 Å². The van der Waals surface area contributed by atoms with Crippen LogP contribution in [-0.2, 0) is 0 Å². The smallest absolute Gasteiger partial charge is 0.127 e. The lowest BCUT2D eigenvalue weighted by molar-refractivity contribution is 0.420. The number of ether oxygens (including phenoxy) is 1. The molecule has 1 aromatic heterocycles. The Bertz CT molecular complexity index is 749. The van der Waals surface area contributed by atoms with Gasteiger partial charge in [-0.25, -0.2) is 0 Å². The average molecular weight is 350 g/mol. The first kappa shape index (κ1) is 16.8. The lowest BCUT2D eigenvalue weighted by atomic mass is 9.90. The molecule has 4 rings (SSSR count). The lowest BCUT2D eigenvalue weighted by Crippen LogP contribution is -2.19. The van der Waals surface area contributed by atoms with Gasteiger partial charge in [0.15, 0.2) is 0 Å². The van der Waals surface area contributed by atoms with Gasteiger partial charge in [0.2, 0.25) is 0 Å². The quantitative estimate of drug-likeness (QED) is 0.763. The van der Waals surface area contributed by atoms with Crippen molar-refractivity contribution in [3.8, 4) is 5.75 Å². The summed E-state index contributed by atoms with van der Waals surface area (Å²) in [5.41, 5.74) is 3.36. The second-order valence-corrected chi connectivity index (χ2v) is 7.95. The first-order chi connectivity index (χ1) is 10.7. The van der Waals surface area contributed by atoms with E-state index in [2.05, 4.69) is 43.3 Å². The normalized spacial score (nSPS) is 23.0. The Balaban J connectivity index is 0.00000156. The standard InChI is InChI=1S/C19H23NOS.ClH/c1-20(2)11-15-12-7-8-13(9-12)19(15)18-10-14-16(21-3)5-4-6-17(14)22-18;/h4-6,10,12-13H,7-9,11H2,1-3H3;1H.